The molecule has 1 atom stereocenters. The molecule has 2 rings (SSSR count). The van der Waals surface area contributed by atoms with Crippen molar-refractivity contribution in [3.8, 4) is 6.07 Å². The van der Waals surface area contributed by atoms with Crippen LogP contribution in [0.25, 0.3) is 0 Å². The minimum atomic E-state index is -0.0786. The molecule has 5 heteroatoms. The summed E-state index contributed by atoms with van der Waals surface area (Å²) < 4.78 is 6.11. The zero-order chi connectivity index (χ0) is 12.3. The van der Waals surface area contributed by atoms with E-state index in [2.05, 4.69) is 22.0 Å². The first kappa shape index (κ1) is 12.4. The summed E-state index contributed by atoms with van der Waals surface area (Å²) >= 11 is 3.37. The standard InChI is InChI=1S/C12H13BrN2O2/c13-11-2-1-3-12(10(11)6-14)15-4-5-17-8-9(15)7-16/h1-3,9,16H,4-5,7-8H2. The van der Waals surface area contributed by atoms with Crippen molar-refractivity contribution in [1.82, 2.24) is 0 Å². The molecule has 0 bridgehead atoms. The Hall–Kier alpha value is -1.09. The lowest BCUT2D eigenvalue weighted by atomic mass is 10.1. The second-order valence-corrected chi connectivity index (χ2v) is 4.70. The van der Waals surface area contributed by atoms with Crippen molar-refractivity contribution in [1.29, 1.82) is 5.26 Å². The summed E-state index contributed by atoms with van der Waals surface area (Å²) in [5.41, 5.74) is 1.46. The Labute approximate surface area is 109 Å². The van der Waals surface area contributed by atoms with Crippen LogP contribution in [0.1, 0.15) is 5.56 Å². The number of morpholine rings is 1. The minimum absolute atomic E-state index is 0.0252. The van der Waals surface area contributed by atoms with Gasteiger partial charge in [0.25, 0.3) is 0 Å². The number of anilines is 1. The summed E-state index contributed by atoms with van der Waals surface area (Å²) in [5, 5.41) is 18.5. The van der Waals surface area contributed by atoms with Gasteiger partial charge in [0, 0.05) is 11.0 Å². The van der Waals surface area contributed by atoms with Gasteiger partial charge in [0.2, 0.25) is 0 Å². The van der Waals surface area contributed by atoms with E-state index in [4.69, 9.17) is 4.74 Å². The number of aliphatic hydroxyl groups is 1. The normalized spacial score (nSPS) is 20.1. The summed E-state index contributed by atoms with van der Waals surface area (Å²) in [6.45, 7) is 1.83. The highest BCUT2D eigenvalue weighted by molar-refractivity contribution is 9.10. The smallest absolute Gasteiger partial charge is 0.103 e. The summed E-state index contributed by atoms with van der Waals surface area (Å²) in [7, 11) is 0. The lowest BCUT2D eigenvalue weighted by molar-refractivity contribution is 0.0727. The number of hydrogen-bond donors (Lipinski definition) is 1. The highest BCUT2D eigenvalue weighted by Gasteiger charge is 2.24. The number of hydrogen-bond acceptors (Lipinski definition) is 4. The highest BCUT2D eigenvalue weighted by atomic mass is 79.9. The van der Waals surface area contributed by atoms with E-state index in [1.165, 1.54) is 0 Å². The monoisotopic (exact) mass is 296 g/mol. The molecule has 1 fully saturated rings. The van der Waals surface area contributed by atoms with Gasteiger partial charge in [-0.3, -0.25) is 0 Å². The van der Waals surface area contributed by atoms with Gasteiger partial charge in [0.05, 0.1) is 37.1 Å². The Kier molecular flexibility index (Phi) is 4.00. The average Bonchev–Trinajstić information content (AvgIpc) is 2.38. The largest absolute Gasteiger partial charge is 0.394 e. The fourth-order valence-electron chi connectivity index (χ4n) is 1.99. The quantitative estimate of drug-likeness (QED) is 0.899. The molecule has 0 saturated carbocycles. The molecule has 90 valence electrons. The van der Waals surface area contributed by atoms with Crippen molar-refractivity contribution in [2.75, 3.05) is 31.3 Å². The maximum Gasteiger partial charge on any atom is 0.103 e. The number of nitrogens with zero attached hydrogens (tertiary/aromatic N) is 2. The third kappa shape index (κ3) is 2.44. The Morgan fingerprint density at radius 3 is 3.12 bits per heavy atom. The van der Waals surface area contributed by atoms with Gasteiger partial charge >= 0.3 is 0 Å². The van der Waals surface area contributed by atoms with Crippen LogP contribution in [0.4, 0.5) is 5.69 Å². The molecule has 4 nitrogen and oxygen atoms in total. The molecular formula is C12H13BrN2O2. The molecule has 0 amide bonds. The Balaban J connectivity index is 2.38. The average molecular weight is 297 g/mol. The van der Waals surface area contributed by atoms with Gasteiger partial charge in [-0.25, -0.2) is 0 Å². The van der Waals surface area contributed by atoms with E-state index in [0.29, 0.717) is 25.3 Å². The van der Waals surface area contributed by atoms with Gasteiger partial charge in [-0.15, -0.1) is 0 Å². The molecule has 1 aliphatic rings. The number of aliphatic hydroxyl groups excluding tert-OH is 1. The summed E-state index contributed by atoms with van der Waals surface area (Å²) in [6.07, 6.45) is 0. The second kappa shape index (κ2) is 5.50. The van der Waals surface area contributed by atoms with E-state index in [1.54, 1.807) is 0 Å². The lowest BCUT2D eigenvalue weighted by Gasteiger charge is -2.36. The molecule has 1 aliphatic heterocycles. The van der Waals surface area contributed by atoms with Gasteiger partial charge in [0.1, 0.15) is 6.07 Å². The van der Waals surface area contributed by atoms with Gasteiger partial charge in [-0.05, 0) is 28.1 Å². The lowest BCUT2D eigenvalue weighted by Crippen LogP contribution is -2.48. The van der Waals surface area contributed by atoms with Crippen LogP contribution in [0.3, 0.4) is 0 Å². The third-order valence-electron chi connectivity index (χ3n) is 2.85. The zero-order valence-electron chi connectivity index (χ0n) is 9.27. The zero-order valence-corrected chi connectivity index (χ0v) is 10.9. The van der Waals surface area contributed by atoms with Crippen LogP contribution in [0.5, 0.6) is 0 Å². The topological polar surface area (TPSA) is 56.5 Å². The van der Waals surface area contributed by atoms with Crippen LogP contribution in [0.2, 0.25) is 0 Å². The fourth-order valence-corrected chi connectivity index (χ4v) is 2.43. The van der Waals surface area contributed by atoms with Gasteiger partial charge in [-0.1, -0.05) is 6.07 Å². The summed E-state index contributed by atoms with van der Waals surface area (Å²) in [6, 6.07) is 7.75. The molecule has 1 N–H and O–H groups in total. The number of halogens is 1. The van der Waals surface area contributed by atoms with Crippen LogP contribution in [-0.4, -0.2) is 37.5 Å². The molecule has 17 heavy (non-hydrogen) atoms. The molecule has 0 spiro atoms. The van der Waals surface area contributed by atoms with Crippen molar-refractivity contribution >= 4 is 21.6 Å². The van der Waals surface area contributed by atoms with Crippen molar-refractivity contribution < 1.29 is 9.84 Å². The first-order valence-corrected chi connectivity index (χ1v) is 6.21. The molecule has 0 radical (unpaired) electrons. The maximum absolute atomic E-state index is 9.34. The third-order valence-corrected chi connectivity index (χ3v) is 3.51. The fraction of sp³-hybridized carbons (Fsp3) is 0.417. The number of ether oxygens (including phenoxy) is 1. The number of benzene rings is 1. The van der Waals surface area contributed by atoms with E-state index in [0.717, 1.165) is 10.2 Å². The van der Waals surface area contributed by atoms with Crippen LogP contribution in [-0.2, 0) is 4.74 Å². The van der Waals surface area contributed by atoms with Gasteiger partial charge in [0.15, 0.2) is 0 Å². The highest BCUT2D eigenvalue weighted by Crippen LogP contribution is 2.29. The van der Waals surface area contributed by atoms with Crippen LogP contribution in [0, 0.1) is 11.3 Å². The molecule has 1 heterocycles. The van der Waals surface area contributed by atoms with E-state index < -0.39 is 0 Å². The Morgan fingerprint density at radius 1 is 1.59 bits per heavy atom. The van der Waals surface area contributed by atoms with Crippen LogP contribution < -0.4 is 4.90 Å². The minimum Gasteiger partial charge on any atom is -0.394 e. The van der Waals surface area contributed by atoms with Crippen molar-refractivity contribution in [2.24, 2.45) is 0 Å². The molecular weight excluding hydrogens is 284 g/mol. The van der Waals surface area contributed by atoms with Crippen LogP contribution >= 0.6 is 15.9 Å². The molecule has 1 aromatic carbocycles. The van der Waals surface area contributed by atoms with Gasteiger partial charge in [-0.2, -0.15) is 5.26 Å². The second-order valence-electron chi connectivity index (χ2n) is 3.85. The Morgan fingerprint density at radius 2 is 2.41 bits per heavy atom. The predicted molar refractivity (Wildman–Crippen MR) is 67.9 cm³/mol. The number of rotatable bonds is 2. The van der Waals surface area contributed by atoms with Crippen molar-refractivity contribution in [2.45, 2.75) is 6.04 Å². The molecule has 0 aliphatic carbocycles. The summed E-state index contributed by atoms with van der Waals surface area (Å²) in [5.74, 6) is 0. The molecule has 1 unspecified atom stereocenters. The maximum atomic E-state index is 9.34. The van der Waals surface area contributed by atoms with Crippen LogP contribution in [0.15, 0.2) is 22.7 Å². The molecule has 1 saturated heterocycles. The first-order valence-electron chi connectivity index (χ1n) is 5.41. The molecule has 0 aromatic heterocycles. The Bertz CT molecular complexity index is 445. The van der Waals surface area contributed by atoms with E-state index >= 15 is 0 Å². The van der Waals surface area contributed by atoms with Gasteiger partial charge < -0.3 is 14.7 Å². The predicted octanol–water partition coefficient (Wildman–Crippen LogP) is 1.52. The molecule has 1 aromatic rings. The van der Waals surface area contributed by atoms with E-state index in [9.17, 15) is 10.4 Å². The van der Waals surface area contributed by atoms with E-state index in [1.807, 2.05) is 23.1 Å². The summed E-state index contributed by atoms with van der Waals surface area (Å²) in [4.78, 5) is 2.03. The van der Waals surface area contributed by atoms with Crippen molar-refractivity contribution in [3.05, 3.63) is 28.2 Å². The SMILES string of the molecule is N#Cc1c(Br)cccc1N1CCOCC1CO. The number of nitriles is 1. The van der Waals surface area contributed by atoms with E-state index in [-0.39, 0.29) is 12.6 Å². The van der Waals surface area contributed by atoms with Crippen molar-refractivity contribution in [3.63, 3.8) is 0 Å². The first-order chi connectivity index (χ1) is 8.27.